The number of benzene rings is 5. The molecule has 5 aromatic carbocycles. The van der Waals surface area contributed by atoms with Crippen LogP contribution in [0.5, 0.6) is 46.0 Å². The summed E-state index contributed by atoms with van der Waals surface area (Å²) in [4.78, 5) is 122. The van der Waals surface area contributed by atoms with Crippen LogP contribution in [0.4, 0.5) is 0 Å². The Morgan fingerprint density at radius 3 is 1.84 bits per heavy atom. The second-order valence-corrected chi connectivity index (χ2v) is 33.0. The molecule has 16 rings (SSSR count). The van der Waals surface area contributed by atoms with E-state index in [-0.39, 0.29) is 97.8 Å². The summed E-state index contributed by atoms with van der Waals surface area (Å²) in [7, 11) is 1.48. The summed E-state index contributed by atoms with van der Waals surface area (Å²) >= 11 is 7.18. The number of rotatable bonds is 23. The van der Waals surface area contributed by atoms with E-state index in [1.807, 2.05) is 13.8 Å². The Morgan fingerprint density at radius 1 is 0.591 bits per heavy atom. The quantitative estimate of drug-likeness (QED) is 0.0358. The third-order valence-electron chi connectivity index (χ3n) is 23.9. The summed E-state index contributed by atoms with van der Waals surface area (Å²) in [6, 6.07) is 0.0671. The Kier molecular flexibility index (Phi) is 26.1. The molecule has 0 spiro atoms. The molecule has 1 unspecified atom stereocenters. The van der Waals surface area contributed by atoms with E-state index in [4.69, 9.17) is 36.3 Å². The SMILES string of the molecule is CCCCCCCCCCCCCNCc1c(O)cc2c(c1O)-c1cc(ccc1O)[C@H]1NC(=O)[C@@H]3NC(=O)[C@H](CC(N)=O)NC(=O)[C@H](NC(=O)[C@@H](CC(C)C)NC)[C@H](O)c4ccc5c(c4)C(O)[C@H]4O[C@@H](Oc6c(cc3cc6O5)Oc3ccc(cc3Cl)[C@@H](O)[C@H](NC1=O)C(=O)N[C@@H]2C(=O)NC1C2CC3CC(C2)CC1C3)[C@H](O)[C@@H](O)[C@@H]4O. The number of nitrogens with two attached hydrogens (primary N) is 1. The third kappa shape index (κ3) is 18.1. The Bertz CT molecular complexity index is 4460. The number of halogens is 1. The number of ether oxygens (including phenoxy) is 4. The average Bonchev–Trinajstić information content (AvgIpc) is 0.756. The molecule has 0 aromatic heterocycles. The molecule has 20 N–H and O–H groups in total. The number of nitrogens with one attached hydrogen (secondary N) is 9. The Morgan fingerprint density at radius 2 is 1.20 bits per heavy atom. The lowest BCUT2D eigenvalue weighted by molar-refractivity contribution is -0.290. The maximum atomic E-state index is 16.3. The van der Waals surface area contributed by atoms with E-state index in [0.29, 0.717) is 18.4 Å². The smallest absolute Gasteiger partial charge is 0.248 e. The van der Waals surface area contributed by atoms with Gasteiger partial charge in [0.25, 0.3) is 0 Å². The van der Waals surface area contributed by atoms with Gasteiger partial charge in [0.05, 0.1) is 23.0 Å². The number of carbonyl (C=O) groups excluding carboxylic acids is 8. The summed E-state index contributed by atoms with van der Waals surface area (Å²) in [5.41, 5.74) is 3.48. The van der Waals surface area contributed by atoms with Crippen molar-refractivity contribution in [1.29, 1.82) is 0 Å². The van der Waals surface area contributed by atoms with Gasteiger partial charge in [-0.2, -0.15) is 0 Å². The summed E-state index contributed by atoms with van der Waals surface area (Å²) in [6.45, 7) is 6.14. The lowest BCUT2D eigenvalue weighted by Crippen LogP contribution is -2.60. The molecule has 4 aliphatic carbocycles. The molecule has 115 heavy (non-hydrogen) atoms. The number of aliphatic hydroxyl groups is 6. The van der Waals surface area contributed by atoms with Crippen molar-refractivity contribution in [2.24, 2.45) is 35.3 Å². The van der Waals surface area contributed by atoms with Crippen molar-refractivity contribution in [2.75, 3.05) is 13.6 Å². The van der Waals surface area contributed by atoms with Crippen molar-refractivity contribution in [3.63, 3.8) is 0 Å². The van der Waals surface area contributed by atoms with Crippen LogP contribution in [0.2, 0.25) is 5.02 Å². The van der Waals surface area contributed by atoms with Crippen molar-refractivity contribution < 1.29 is 103 Å². The standard InChI is InChI=1S/C83H105ClN10O21/c1-5-6-7-8-9-10-11-12-13-14-15-22-87-36-49-54(96)34-48-60(69(49)100)46-29-40(16-19-53(46)95)62-78(107)94-66(82(111)92-64(48)80(109)89-61-43-25-38-24-39(27-43)28-44(61)26-38)68(99)42-18-21-56(50(84)31-42)113-58-33-45-32-57-74(58)114-83-73(104)71(102)72(103)75(115-83)70(101)47-30-41(17-20-55(47)112-57)67(98)65(93-76(105)51(86-4)23-37(2)3)81(110)88-52(35-59(85)97)77(106)90-63(45)79(108)91-62/h16-21,29-34,37-39,43-44,51-52,61-68,70-73,75,83,86-87,95-96,98-104H,5-15,22-28,35-36H2,1-4H3,(H2,85,97)(H,88,110)(H,89,109)(H,90,106)(H,91,108)(H,92,111)(H,93,105)(H,94,107)/t38?,39?,43?,44?,51-,52+,61?,62-,63-,64+,65-,66+,67-,68-,70?,71+,72+,73-,75-,83-/m1/s1. The van der Waals surface area contributed by atoms with E-state index in [2.05, 4.69) is 54.8 Å². The minimum atomic E-state index is -2.28. The number of phenols is 3. The van der Waals surface area contributed by atoms with Crippen LogP contribution in [0, 0.1) is 29.6 Å². The van der Waals surface area contributed by atoms with Crippen LogP contribution >= 0.6 is 11.6 Å². The molecule has 7 aliphatic heterocycles. The molecule has 32 heteroatoms. The van der Waals surface area contributed by atoms with Gasteiger partial charge in [0.1, 0.15) is 108 Å². The molecular weight excluding hydrogens is 1510 g/mol. The molecule has 1 saturated heterocycles. The number of carbonyl (C=O) groups is 8. The molecule has 7 heterocycles. The summed E-state index contributed by atoms with van der Waals surface area (Å²) in [6.07, 6.45) is -1.04. The van der Waals surface area contributed by atoms with E-state index in [0.717, 1.165) is 88.5 Å². The van der Waals surface area contributed by atoms with Crippen LogP contribution in [0.1, 0.15) is 212 Å². The van der Waals surface area contributed by atoms with E-state index in [1.54, 1.807) is 0 Å². The normalized spacial score (nSPS) is 29.0. The number of primary amides is 1. The van der Waals surface area contributed by atoms with E-state index in [1.165, 1.54) is 94.1 Å². The van der Waals surface area contributed by atoms with E-state index in [9.17, 15) is 55.5 Å². The fourth-order valence-electron chi connectivity index (χ4n) is 18.1. The van der Waals surface area contributed by atoms with Gasteiger partial charge in [-0.1, -0.05) is 115 Å². The first-order valence-electron chi connectivity index (χ1n) is 40.1. The summed E-state index contributed by atoms with van der Waals surface area (Å²) in [5.74, 6) is -12.5. The lowest BCUT2D eigenvalue weighted by Gasteiger charge is -2.54. The number of unbranched alkanes of at least 4 members (excludes halogenated alkanes) is 10. The van der Waals surface area contributed by atoms with Gasteiger partial charge < -0.3 is 118 Å². The van der Waals surface area contributed by atoms with Gasteiger partial charge in [-0.05, 0) is 171 Å². The molecule has 11 aliphatic rings. The number of amides is 8. The van der Waals surface area contributed by atoms with Crippen LogP contribution in [0.25, 0.3) is 11.1 Å². The van der Waals surface area contributed by atoms with Crippen LogP contribution < -0.4 is 67.8 Å². The van der Waals surface area contributed by atoms with Gasteiger partial charge in [-0.25, -0.2) is 0 Å². The van der Waals surface area contributed by atoms with Gasteiger partial charge in [0.2, 0.25) is 59.3 Å². The molecule has 31 nitrogen and oxygen atoms in total. The lowest BCUT2D eigenvalue weighted by atomic mass is 9.54. The summed E-state index contributed by atoms with van der Waals surface area (Å²) < 4.78 is 25.9. The Hall–Kier alpha value is -9.41. The largest absolute Gasteiger partial charge is 0.507 e. The minimum Gasteiger partial charge on any atom is -0.507 e. The fraction of sp³-hybridized carbons (Fsp3) is 0.542. The third-order valence-corrected chi connectivity index (χ3v) is 24.2. The number of hydrogen-bond donors (Lipinski definition) is 19. The van der Waals surface area contributed by atoms with E-state index >= 15 is 28.8 Å². The predicted octanol–water partition coefficient (Wildman–Crippen LogP) is 5.53. The number of hydrogen-bond acceptors (Lipinski definition) is 23. The maximum Gasteiger partial charge on any atom is 0.248 e. The Labute approximate surface area is 669 Å². The number of phenolic OH excluding ortho intramolecular Hbond substituents is 3. The van der Waals surface area contributed by atoms with Crippen molar-refractivity contribution in [3.05, 3.63) is 117 Å². The first-order chi connectivity index (χ1) is 55.1. The molecule has 8 amide bonds. The van der Waals surface area contributed by atoms with Crippen molar-refractivity contribution in [2.45, 2.75) is 240 Å². The zero-order chi connectivity index (χ0) is 82.0. The first kappa shape index (κ1) is 83.5. The van der Waals surface area contributed by atoms with Crippen LogP contribution in [0.3, 0.4) is 0 Å². The molecule has 4 saturated carbocycles. The number of likely N-dealkylation sites (N-methyl/N-ethyl adjacent to an activating group) is 1. The zero-order valence-electron chi connectivity index (χ0n) is 64.6. The highest BCUT2D eigenvalue weighted by Gasteiger charge is 2.53. The van der Waals surface area contributed by atoms with Gasteiger partial charge >= 0.3 is 0 Å². The highest BCUT2D eigenvalue weighted by atomic mass is 35.5. The second-order valence-electron chi connectivity index (χ2n) is 32.6. The van der Waals surface area contributed by atoms with Crippen molar-refractivity contribution in [1.82, 2.24) is 47.9 Å². The van der Waals surface area contributed by atoms with Gasteiger partial charge in [-0.15, -0.1) is 0 Å². The van der Waals surface area contributed by atoms with Crippen LogP contribution in [-0.2, 0) is 49.6 Å². The maximum absolute atomic E-state index is 16.3. The van der Waals surface area contributed by atoms with Gasteiger partial charge in [0, 0.05) is 29.3 Å². The van der Waals surface area contributed by atoms with Crippen molar-refractivity contribution in [3.8, 4) is 57.1 Å². The molecule has 620 valence electrons. The van der Waals surface area contributed by atoms with E-state index < -0.39 is 185 Å². The second kappa shape index (κ2) is 36.0. The van der Waals surface area contributed by atoms with Crippen molar-refractivity contribution >= 4 is 58.9 Å². The fourth-order valence-corrected chi connectivity index (χ4v) is 18.3. The minimum absolute atomic E-state index is 0.0783. The monoisotopic (exact) mass is 1610 g/mol. The number of aliphatic hydroxyl groups excluding tert-OH is 6. The molecular formula is C83H105ClN10O21. The predicted molar refractivity (Wildman–Crippen MR) is 415 cm³/mol. The molecule has 5 fully saturated rings. The summed E-state index contributed by atoms with van der Waals surface area (Å²) in [5, 5.41) is 135. The highest BCUT2D eigenvalue weighted by Crippen LogP contribution is 2.55. The zero-order valence-corrected chi connectivity index (χ0v) is 65.3. The topological polar surface area (TPSA) is 490 Å². The average molecular weight is 1610 g/mol. The van der Waals surface area contributed by atoms with Crippen LogP contribution in [0.15, 0.2) is 72.8 Å². The van der Waals surface area contributed by atoms with Gasteiger partial charge in [0.15, 0.2) is 11.5 Å². The van der Waals surface area contributed by atoms with Crippen LogP contribution in [-0.4, -0.2) is 168 Å². The number of fused-ring (bicyclic) bond motifs is 16. The first-order valence-corrected chi connectivity index (χ1v) is 40.5. The molecule has 0 radical (unpaired) electrons. The highest BCUT2D eigenvalue weighted by molar-refractivity contribution is 6.32. The van der Waals surface area contributed by atoms with Gasteiger partial charge in [-0.3, -0.25) is 38.4 Å². The molecule has 18 bridgehead atoms. The molecule has 15 atom stereocenters. The number of aromatic hydroxyl groups is 3. The molecule has 5 aromatic rings. The Balaban J connectivity index is 0.970.